The molecule has 1 heterocycles. The smallest absolute Gasteiger partial charge is 0.143 e. The van der Waals surface area contributed by atoms with Gasteiger partial charge in [0.2, 0.25) is 0 Å². The van der Waals surface area contributed by atoms with Gasteiger partial charge in [-0.05, 0) is 18.2 Å². The molecule has 0 radical (unpaired) electrons. The zero-order valence-corrected chi connectivity index (χ0v) is 11.0. The van der Waals surface area contributed by atoms with Crippen molar-refractivity contribution in [1.82, 2.24) is 9.97 Å². The van der Waals surface area contributed by atoms with Crippen LogP contribution in [0, 0.1) is 0 Å². The Bertz CT molecular complexity index is 743. The van der Waals surface area contributed by atoms with E-state index in [1.165, 1.54) is 6.33 Å². The lowest BCUT2D eigenvalue weighted by Gasteiger charge is -2.10. The first-order chi connectivity index (χ1) is 9.78. The summed E-state index contributed by atoms with van der Waals surface area (Å²) in [6, 6.07) is 13.5. The van der Waals surface area contributed by atoms with E-state index in [-0.39, 0.29) is 0 Å². The van der Waals surface area contributed by atoms with Crippen LogP contribution in [0.25, 0.3) is 10.9 Å². The summed E-state index contributed by atoms with van der Waals surface area (Å²) in [4.78, 5) is 8.53. The molecule has 3 N–H and O–H groups in total. The first kappa shape index (κ1) is 12.2. The summed E-state index contributed by atoms with van der Waals surface area (Å²) < 4.78 is 5.21. The summed E-state index contributed by atoms with van der Waals surface area (Å²) in [6.07, 6.45) is 1.52. The number of nitrogens with two attached hydrogens (primary N) is 1. The highest BCUT2D eigenvalue weighted by Gasteiger charge is 2.08. The van der Waals surface area contributed by atoms with E-state index in [2.05, 4.69) is 15.3 Å². The lowest BCUT2D eigenvalue weighted by atomic mass is 10.2. The van der Waals surface area contributed by atoms with Gasteiger partial charge in [0, 0.05) is 17.1 Å². The van der Waals surface area contributed by atoms with E-state index < -0.39 is 0 Å². The molecule has 0 unspecified atom stereocenters. The summed E-state index contributed by atoms with van der Waals surface area (Å²) in [5.74, 6) is 1.33. The lowest BCUT2D eigenvalue weighted by molar-refractivity contribution is 0.417. The van der Waals surface area contributed by atoms with Crippen molar-refractivity contribution in [3.63, 3.8) is 0 Å². The number of rotatable bonds is 3. The maximum absolute atomic E-state index is 5.95. The van der Waals surface area contributed by atoms with Gasteiger partial charge in [0.05, 0.1) is 18.3 Å². The van der Waals surface area contributed by atoms with Gasteiger partial charge in [0.1, 0.15) is 17.9 Å². The maximum Gasteiger partial charge on any atom is 0.143 e. The van der Waals surface area contributed by atoms with E-state index in [4.69, 9.17) is 10.5 Å². The van der Waals surface area contributed by atoms with Crippen LogP contribution in [0.1, 0.15) is 0 Å². The van der Waals surface area contributed by atoms with Gasteiger partial charge in [-0.25, -0.2) is 9.97 Å². The molecule has 0 atom stereocenters. The molecule has 3 aromatic rings. The zero-order valence-electron chi connectivity index (χ0n) is 11.0. The topological polar surface area (TPSA) is 73.1 Å². The van der Waals surface area contributed by atoms with E-state index in [9.17, 15) is 0 Å². The fourth-order valence-corrected chi connectivity index (χ4v) is 2.04. The second-order valence-corrected chi connectivity index (χ2v) is 4.32. The fourth-order valence-electron chi connectivity index (χ4n) is 2.04. The molecule has 0 aliphatic rings. The van der Waals surface area contributed by atoms with Gasteiger partial charge in [-0.3, -0.25) is 0 Å². The normalized spacial score (nSPS) is 10.4. The van der Waals surface area contributed by atoms with E-state index in [1.807, 2.05) is 42.5 Å². The van der Waals surface area contributed by atoms with Crippen LogP contribution in [0.5, 0.6) is 5.75 Å². The van der Waals surface area contributed by atoms with Crippen molar-refractivity contribution in [2.45, 2.75) is 0 Å². The monoisotopic (exact) mass is 266 g/mol. The molecule has 100 valence electrons. The molecule has 5 nitrogen and oxygen atoms in total. The Hall–Kier alpha value is -2.82. The number of anilines is 3. The van der Waals surface area contributed by atoms with Crippen LogP contribution >= 0.6 is 0 Å². The first-order valence-electron chi connectivity index (χ1n) is 6.18. The Labute approximate surface area is 116 Å². The van der Waals surface area contributed by atoms with Gasteiger partial charge < -0.3 is 15.8 Å². The summed E-state index contributed by atoms with van der Waals surface area (Å²) >= 11 is 0. The van der Waals surface area contributed by atoms with Crippen molar-refractivity contribution in [1.29, 1.82) is 0 Å². The third-order valence-electron chi connectivity index (χ3n) is 3.02. The number of methoxy groups -OCH3 is 1. The molecule has 1 aromatic heterocycles. The Balaban J connectivity index is 2.09. The molecule has 0 saturated heterocycles. The highest BCUT2D eigenvalue weighted by molar-refractivity contribution is 5.94. The molecule has 5 heteroatoms. The molecule has 0 fully saturated rings. The predicted molar refractivity (Wildman–Crippen MR) is 80.2 cm³/mol. The average molecular weight is 266 g/mol. The minimum atomic E-state index is 0.561. The number of nitrogens with zero attached hydrogens (tertiary/aromatic N) is 2. The number of hydrogen-bond acceptors (Lipinski definition) is 5. The van der Waals surface area contributed by atoms with Crippen molar-refractivity contribution in [2.24, 2.45) is 0 Å². The van der Waals surface area contributed by atoms with Crippen molar-refractivity contribution >= 4 is 28.1 Å². The van der Waals surface area contributed by atoms with Crippen LogP contribution in [0.4, 0.5) is 17.2 Å². The van der Waals surface area contributed by atoms with Gasteiger partial charge in [-0.15, -0.1) is 0 Å². The SMILES string of the molecule is COc1cc2ncnc(Nc3ccccc3)c2cc1N. The molecule has 0 aliphatic carbocycles. The molecular formula is C15H14N4O. The van der Waals surface area contributed by atoms with Crippen molar-refractivity contribution in [3.8, 4) is 5.75 Å². The number of nitrogens with one attached hydrogen (secondary N) is 1. The second-order valence-electron chi connectivity index (χ2n) is 4.32. The number of hydrogen-bond donors (Lipinski definition) is 2. The zero-order chi connectivity index (χ0) is 13.9. The highest BCUT2D eigenvalue weighted by atomic mass is 16.5. The molecule has 0 bridgehead atoms. The van der Waals surface area contributed by atoms with Crippen LogP contribution in [-0.4, -0.2) is 17.1 Å². The lowest BCUT2D eigenvalue weighted by Crippen LogP contribution is -1.98. The van der Waals surface area contributed by atoms with E-state index in [0.29, 0.717) is 11.4 Å². The van der Waals surface area contributed by atoms with E-state index in [0.717, 1.165) is 22.4 Å². The minimum absolute atomic E-state index is 0.561. The molecule has 0 saturated carbocycles. The Morgan fingerprint density at radius 1 is 1.10 bits per heavy atom. The molecule has 20 heavy (non-hydrogen) atoms. The number of para-hydroxylation sites is 1. The van der Waals surface area contributed by atoms with Crippen molar-refractivity contribution < 1.29 is 4.74 Å². The van der Waals surface area contributed by atoms with Crippen LogP contribution in [0.15, 0.2) is 48.8 Å². The van der Waals surface area contributed by atoms with Gasteiger partial charge in [0.25, 0.3) is 0 Å². The number of fused-ring (bicyclic) bond motifs is 1. The molecule has 3 rings (SSSR count). The standard InChI is InChI=1S/C15H14N4O/c1-20-14-8-13-11(7-12(14)16)15(18-9-17-13)19-10-5-3-2-4-6-10/h2-9H,16H2,1H3,(H,17,18,19). The summed E-state index contributed by atoms with van der Waals surface area (Å²) in [5.41, 5.74) is 8.25. The van der Waals surface area contributed by atoms with Gasteiger partial charge >= 0.3 is 0 Å². The molecule has 2 aromatic carbocycles. The van der Waals surface area contributed by atoms with E-state index >= 15 is 0 Å². The summed E-state index contributed by atoms with van der Waals surface area (Å²) in [5, 5.41) is 4.12. The van der Waals surface area contributed by atoms with Gasteiger partial charge in [-0.1, -0.05) is 18.2 Å². The largest absolute Gasteiger partial charge is 0.495 e. The Morgan fingerprint density at radius 2 is 1.90 bits per heavy atom. The Morgan fingerprint density at radius 3 is 2.65 bits per heavy atom. The predicted octanol–water partition coefficient (Wildman–Crippen LogP) is 2.96. The molecule has 0 amide bonds. The van der Waals surface area contributed by atoms with Crippen LogP contribution < -0.4 is 15.8 Å². The number of nitrogen functional groups attached to an aromatic ring is 1. The minimum Gasteiger partial charge on any atom is -0.495 e. The van der Waals surface area contributed by atoms with Gasteiger partial charge in [0.15, 0.2) is 0 Å². The Kier molecular flexibility index (Phi) is 3.09. The molecule has 0 aliphatic heterocycles. The number of ether oxygens (including phenoxy) is 1. The third kappa shape index (κ3) is 2.21. The molecule has 0 spiro atoms. The first-order valence-corrected chi connectivity index (χ1v) is 6.18. The molecular weight excluding hydrogens is 252 g/mol. The van der Waals surface area contributed by atoms with Gasteiger partial charge in [-0.2, -0.15) is 0 Å². The third-order valence-corrected chi connectivity index (χ3v) is 3.02. The number of benzene rings is 2. The second kappa shape index (κ2) is 5.05. The van der Waals surface area contributed by atoms with Crippen LogP contribution in [0.2, 0.25) is 0 Å². The van der Waals surface area contributed by atoms with E-state index in [1.54, 1.807) is 7.11 Å². The number of aromatic nitrogens is 2. The summed E-state index contributed by atoms with van der Waals surface area (Å²) in [7, 11) is 1.59. The van der Waals surface area contributed by atoms with Crippen molar-refractivity contribution in [3.05, 3.63) is 48.8 Å². The van der Waals surface area contributed by atoms with Crippen LogP contribution in [0.3, 0.4) is 0 Å². The fraction of sp³-hybridized carbons (Fsp3) is 0.0667. The quantitative estimate of drug-likeness (QED) is 0.713. The summed E-state index contributed by atoms with van der Waals surface area (Å²) in [6.45, 7) is 0. The maximum atomic E-state index is 5.95. The average Bonchev–Trinajstić information content (AvgIpc) is 2.48. The van der Waals surface area contributed by atoms with Crippen molar-refractivity contribution in [2.75, 3.05) is 18.2 Å². The highest BCUT2D eigenvalue weighted by Crippen LogP contribution is 2.30. The van der Waals surface area contributed by atoms with Crippen LogP contribution in [-0.2, 0) is 0 Å².